The van der Waals surface area contributed by atoms with Gasteiger partial charge in [0.1, 0.15) is 0 Å². The summed E-state index contributed by atoms with van der Waals surface area (Å²) in [5.41, 5.74) is 0. The van der Waals surface area contributed by atoms with Crippen molar-refractivity contribution in [3.8, 4) is 0 Å². The third-order valence-electron chi connectivity index (χ3n) is 3.87. The standard InChI is InChI=1S/C15H31N/c1-15(2)16-13-11-9-7-5-3-4-6-8-10-12-14-16/h15H,3-14H2,1-2H3. The normalized spacial score (nSPS) is 23.4. The van der Waals surface area contributed by atoms with Crippen LogP contribution in [0.25, 0.3) is 0 Å². The highest BCUT2D eigenvalue weighted by Crippen LogP contribution is 2.13. The molecule has 1 heterocycles. The molecule has 1 saturated heterocycles. The van der Waals surface area contributed by atoms with Crippen molar-refractivity contribution in [3.05, 3.63) is 0 Å². The number of nitrogens with zero attached hydrogens (tertiary/aromatic N) is 1. The van der Waals surface area contributed by atoms with Crippen molar-refractivity contribution in [2.24, 2.45) is 0 Å². The van der Waals surface area contributed by atoms with Crippen molar-refractivity contribution in [3.63, 3.8) is 0 Å². The number of hydrogen-bond donors (Lipinski definition) is 0. The van der Waals surface area contributed by atoms with Crippen LogP contribution in [0.2, 0.25) is 0 Å². The van der Waals surface area contributed by atoms with E-state index in [4.69, 9.17) is 0 Å². The highest BCUT2D eigenvalue weighted by atomic mass is 15.1. The lowest BCUT2D eigenvalue weighted by Gasteiger charge is -2.26. The molecule has 0 N–H and O–H groups in total. The Bertz CT molecular complexity index is 140. The van der Waals surface area contributed by atoms with E-state index in [0.29, 0.717) is 0 Å². The summed E-state index contributed by atoms with van der Waals surface area (Å²) in [4.78, 5) is 2.68. The van der Waals surface area contributed by atoms with E-state index in [1.165, 1.54) is 77.3 Å². The van der Waals surface area contributed by atoms with Crippen molar-refractivity contribution >= 4 is 0 Å². The van der Waals surface area contributed by atoms with Crippen molar-refractivity contribution < 1.29 is 0 Å². The fraction of sp³-hybridized carbons (Fsp3) is 1.00. The molecule has 0 bridgehead atoms. The minimum atomic E-state index is 0.741. The third kappa shape index (κ3) is 6.52. The summed E-state index contributed by atoms with van der Waals surface area (Å²) in [6.45, 7) is 7.35. The summed E-state index contributed by atoms with van der Waals surface area (Å²) >= 11 is 0. The molecular weight excluding hydrogens is 194 g/mol. The summed E-state index contributed by atoms with van der Waals surface area (Å²) in [6, 6.07) is 0.741. The van der Waals surface area contributed by atoms with Gasteiger partial charge in [-0.15, -0.1) is 0 Å². The molecule has 1 aliphatic heterocycles. The summed E-state index contributed by atoms with van der Waals surface area (Å²) in [6.07, 6.45) is 14.6. The van der Waals surface area contributed by atoms with Crippen molar-refractivity contribution in [2.45, 2.75) is 84.1 Å². The van der Waals surface area contributed by atoms with Gasteiger partial charge in [0, 0.05) is 6.04 Å². The van der Waals surface area contributed by atoms with E-state index in [1.807, 2.05) is 0 Å². The molecule has 96 valence electrons. The van der Waals surface area contributed by atoms with Gasteiger partial charge in [0.15, 0.2) is 0 Å². The summed E-state index contributed by atoms with van der Waals surface area (Å²) in [5.74, 6) is 0. The molecule has 1 rings (SSSR count). The minimum Gasteiger partial charge on any atom is -0.301 e. The van der Waals surface area contributed by atoms with Crippen molar-refractivity contribution in [1.82, 2.24) is 4.90 Å². The van der Waals surface area contributed by atoms with E-state index in [0.717, 1.165) is 6.04 Å². The predicted molar refractivity (Wildman–Crippen MR) is 72.9 cm³/mol. The maximum Gasteiger partial charge on any atom is 0.00385 e. The van der Waals surface area contributed by atoms with Gasteiger partial charge in [-0.05, 0) is 39.8 Å². The third-order valence-corrected chi connectivity index (χ3v) is 3.87. The molecule has 0 radical (unpaired) electrons. The zero-order valence-electron chi connectivity index (χ0n) is 11.5. The molecule has 0 spiro atoms. The molecule has 1 aliphatic rings. The molecule has 1 heteroatoms. The summed E-state index contributed by atoms with van der Waals surface area (Å²) in [7, 11) is 0. The van der Waals surface area contributed by atoms with E-state index in [2.05, 4.69) is 18.7 Å². The number of hydrogen-bond acceptors (Lipinski definition) is 1. The monoisotopic (exact) mass is 225 g/mol. The van der Waals surface area contributed by atoms with Crippen LogP contribution in [0.4, 0.5) is 0 Å². The SMILES string of the molecule is CC(C)N1CCCCCCCCCCCC1. The molecule has 0 aromatic rings. The molecule has 16 heavy (non-hydrogen) atoms. The van der Waals surface area contributed by atoms with Gasteiger partial charge in [0.25, 0.3) is 0 Å². The molecule has 0 atom stereocenters. The quantitative estimate of drug-likeness (QED) is 0.630. The maximum atomic E-state index is 2.68. The topological polar surface area (TPSA) is 3.24 Å². The van der Waals surface area contributed by atoms with Gasteiger partial charge < -0.3 is 4.90 Å². The highest BCUT2D eigenvalue weighted by molar-refractivity contribution is 4.64. The first-order valence-corrected chi connectivity index (χ1v) is 7.55. The Hall–Kier alpha value is -0.0400. The Kier molecular flexibility index (Phi) is 7.92. The Morgan fingerprint density at radius 1 is 0.562 bits per heavy atom. The van der Waals surface area contributed by atoms with Crippen LogP contribution < -0.4 is 0 Å². The molecule has 0 aliphatic carbocycles. The zero-order chi connectivity index (χ0) is 11.6. The van der Waals surface area contributed by atoms with Gasteiger partial charge in [-0.25, -0.2) is 0 Å². The van der Waals surface area contributed by atoms with Gasteiger partial charge in [-0.3, -0.25) is 0 Å². The Morgan fingerprint density at radius 2 is 0.875 bits per heavy atom. The second-order valence-electron chi connectivity index (χ2n) is 5.67. The molecular formula is C15H31N. The van der Waals surface area contributed by atoms with Crippen LogP contribution in [0.3, 0.4) is 0 Å². The number of rotatable bonds is 1. The minimum absolute atomic E-state index is 0.741. The smallest absolute Gasteiger partial charge is 0.00385 e. The van der Waals surface area contributed by atoms with Crippen LogP contribution in [-0.4, -0.2) is 24.0 Å². The molecule has 0 aromatic heterocycles. The summed E-state index contributed by atoms with van der Waals surface area (Å²) in [5, 5.41) is 0. The Balaban J connectivity index is 2.26. The van der Waals surface area contributed by atoms with Crippen LogP contribution in [0.1, 0.15) is 78.1 Å². The van der Waals surface area contributed by atoms with Gasteiger partial charge in [-0.2, -0.15) is 0 Å². The maximum absolute atomic E-state index is 2.68. The Morgan fingerprint density at radius 3 is 1.19 bits per heavy atom. The highest BCUT2D eigenvalue weighted by Gasteiger charge is 2.08. The molecule has 1 fully saturated rings. The fourth-order valence-electron chi connectivity index (χ4n) is 2.67. The molecule has 0 saturated carbocycles. The van der Waals surface area contributed by atoms with E-state index < -0.39 is 0 Å². The van der Waals surface area contributed by atoms with E-state index in [-0.39, 0.29) is 0 Å². The molecule has 0 amide bonds. The molecule has 0 aromatic carbocycles. The average Bonchev–Trinajstić information content (AvgIpc) is 2.28. The first-order valence-electron chi connectivity index (χ1n) is 7.55. The first kappa shape index (κ1) is 14.0. The van der Waals surface area contributed by atoms with Gasteiger partial charge in [0.2, 0.25) is 0 Å². The fourth-order valence-corrected chi connectivity index (χ4v) is 2.67. The Labute approximate surface area is 103 Å². The van der Waals surface area contributed by atoms with E-state index in [1.54, 1.807) is 0 Å². The zero-order valence-corrected chi connectivity index (χ0v) is 11.5. The largest absolute Gasteiger partial charge is 0.301 e. The average molecular weight is 225 g/mol. The van der Waals surface area contributed by atoms with E-state index >= 15 is 0 Å². The van der Waals surface area contributed by atoms with Crippen LogP contribution in [0, 0.1) is 0 Å². The van der Waals surface area contributed by atoms with Crippen molar-refractivity contribution in [1.29, 1.82) is 0 Å². The van der Waals surface area contributed by atoms with Gasteiger partial charge >= 0.3 is 0 Å². The first-order chi connectivity index (χ1) is 7.80. The molecule has 0 unspecified atom stereocenters. The summed E-state index contributed by atoms with van der Waals surface area (Å²) < 4.78 is 0. The van der Waals surface area contributed by atoms with E-state index in [9.17, 15) is 0 Å². The van der Waals surface area contributed by atoms with Crippen LogP contribution in [0.5, 0.6) is 0 Å². The van der Waals surface area contributed by atoms with Crippen LogP contribution in [-0.2, 0) is 0 Å². The lowest BCUT2D eigenvalue weighted by Crippen LogP contribution is -2.32. The van der Waals surface area contributed by atoms with Crippen LogP contribution in [0.15, 0.2) is 0 Å². The van der Waals surface area contributed by atoms with Crippen molar-refractivity contribution in [2.75, 3.05) is 13.1 Å². The van der Waals surface area contributed by atoms with Crippen LogP contribution >= 0.6 is 0 Å². The second-order valence-corrected chi connectivity index (χ2v) is 5.67. The lowest BCUT2D eigenvalue weighted by atomic mass is 10.1. The molecule has 1 nitrogen and oxygen atoms in total. The van der Waals surface area contributed by atoms with Gasteiger partial charge in [0.05, 0.1) is 0 Å². The van der Waals surface area contributed by atoms with Gasteiger partial charge in [-0.1, -0.05) is 51.4 Å². The second kappa shape index (κ2) is 9.04. The lowest BCUT2D eigenvalue weighted by molar-refractivity contribution is 0.212. The predicted octanol–water partition coefficient (Wildman–Crippen LogP) is 4.61.